The lowest BCUT2D eigenvalue weighted by molar-refractivity contribution is -0.148. The standard InChI is InChI=1S/C16H18O3/c1-3-4-10-14(16(18)19-2)15(17)12-11-13-8-6-5-7-9-13/h3,5-9,11-12,14H,1,4,10H2,2H3/b12-11+. The Bertz CT molecular complexity index is 460. The summed E-state index contributed by atoms with van der Waals surface area (Å²) in [5, 5.41) is 0. The Hall–Kier alpha value is -2.16. The minimum atomic E-state index is -0.747. The highest BCUT2D eigenvalue weighted by atomic mass is 16.5. The number of allylic oxidation sites excluding steroid dienone is 2. The first-order valence-electron chi connectivity index (χ1n) is 6.14. The molecule has 19 heavy (non-hydrogen) atoms. The molecular formula is C16H18O3. The van der Waals surface area contributed by atoms with Gasteiger partial charge in [0.1, 0.15) is 5.92 Å². The number of hydrogen-bond acceptors (Lipinski definition) is 3. The molecule has 3 heteroatoms. The Balaban J connectivity index is 2.73. The van der Waals surface area contributed by atoms with Gasteiger partial charge in [-0.3, -0.25) is 9.59 Å². The molecule has 0 aliphatic heterocycles. The van der Waals surface area contributed by atoms with E-state index in [0.717, 1.165) is 5.56 Å². The Morgan fingerprint density at radius 2 is 2.00 bits per heavy atom. The Morgan fingerprint density at radius 1 is 1.32 bits per heavy atom. The molecule has 0 fully saturated rings. The SMILES string of the molecule is C=CCCC(C(=O)/C=C/c1ccccc1)C(=O)OC. The van der Waals surface area contributed by atoms with Crippen molar-refractivity contribution in [1.82, 2.24) is 0 Å². The molecule has 0 aromatic heterocycles. The summed E-state index contributed by atoms with van der Waals surface area (Å²) in [6, 6.07) is 9.46. The first-order chi connectivity index (χ1) is 9.19. The van der Waals surface area contributed by atoms with Crippen LogP contribution in [0.25, 0.3) is 6.08 Å². The van der Waals surface area contributed by atoms with Crippen LogP contribution in [0.4, 0.5) is 0 Å². The van der Waals surface area contributed by atoms with Crippen molar-refractivity contribution in [2.45, 2.75) is 12.8 Å². The van der Waals surface area contributed by atoms with E-state index < -0.39 is 11.9 Å². The molecular weight excluding hydrogens is 240 g/mol. The number of rotatable bonds is 7. The number of methoxy groups -OCH3 is 1. The average Bonchev–Trinajstić information content (AvgIpc) is 2.46. The second-order valence-corrected chi connectivity index (χ2v) is 4.09. The molecule has 1 aromatic rings. The van der Waals surface area contributed by atoms with Crippen molar-refractivity contribution in [3.05, 3.63) is 54.6 Å². The molecule has 0 radical (unpaired) electrons. The van der Waals surface area contributed by atoms with Gasteiger partial charge in [0.25, 0.3) is 0 Å². The Kier molecular flexibility index (Phi) is 6.30. The Labute approximate surface area is 113 Å². The largest absolute Gasteiger partial charge is 0.468 e. The van der Waals surface area contributed by atoms with Crippen LogP contribution in [0.5, 0.6) is 0 Å². The molecule has 1 unspecified atom stereocenters. The quantitative estimate of drug-likeness (QED) is 0.327. The van der Waals surface area contributed by atoms with Crippen molar-refractivity contribution in [3.63, 3.8) is 0 Å². The summed E-state index contributed by atoms with van der Waals surface area (Å²) in [4.78, 5) is 23.6. The van der Waals surface area contributed by atoms with Crippen molar-refractivity contribution >= 4 is 17.8 Å². The molecule has 0 heterocycles. The van der Waals surface area contributed by atoms with Crippen LogP contribution in [-0.4, -0.2) is 18.9 Å². The maximum absolute atomic E-state index is 12.0. The van der Waals surface area contributed by atoms with Crippen LogP contribution in [0.2, 0.25) is 0 Å². The zero-order valence-electron chi connectivity index (χ0n) is 11.0. The van der Waals surface area contributed by atoms with Crippen LogP contribution in [0.15, 0.2) is 49.1 Å². The van der Waals surface area contributed by atoms with E-state index in [4.69, 9.17) is 0 Å². The number of esters is 1. The zero-order chi connectivity index (χ0) is 14.1. The summed E-state index contributed by atoms with van der Waals surface area (Å²) < 4.78 is 4.65. The van der Waals surface area contributed by atoms with Crippen LogP contribution in [-0.2, 0) is 14.3 Å². The summed E-state index contributed by atoms with van der Waals surface area (Å²) >= 11 is 0. The van der Waals surface area contributed by atoms with Crippen molar-refractivity contribution in [3.8, 4) is 0 Å². The van der Waals surface area contributed by atoms with Gasteiger partial charge in [0.05, 0.1) is 7.11 Å². The Morgan fingerprint density at radius 3 is 2.58 bits per heavy atom. The highest BCUT2D eigenvalue weighted by Gasteiger charge is 2.24. The molecule has 100 valence electrons. The topological polar surface area (TPSA) is 43.4 Å². The van der Waals surface area contributed by atoms with Gasteiger partial charge >= 0.3 is 5.97 Å². The van der Waals surface area contributed by atoms with Gasteiger partial charge in [0.2, 0.25) is 0 Å². The molecule has 0 N–H and O–H groups in total. The molecule has 0 saturated carbocycles. The molecule has 0 aliphatic rings. The van der Waals surface area contributed by atoms with Gasteiger partial charge in [-0.2, -0.15) is 0 Å². The van der Waals surface area contributed by atoms with Crippen molar-refractivity contribution in [2.24, 2.45) is 5.92 Å². The normalized spacial score (nSPS) is 12.1. The van der Waals surface area contributed by atoms with Crippen LogP contribution < -0.4 is 0 Å². The second-order valence-electron chi connectivity index (χ2n) is 4.09. The smallest absolute Gasteiger partial charge is 0.316 e. The third-order valence-electron chi connectivity index (χ3n) is 2.73. The molecule has 0 spiro atoms. The first-order valence-corrected chi connectivity index (χ1v) is 6.14. The maximum Gasteiger partial charge on any atom is 0.316 e. The summed E-state index contributed by atoms with van der Waals surface area (Å²) in [7, 11) is 1.29. The summed E-state index contributed by atoms with van der Waals surface area (Å²) in [5.74, 6) is -1.48. The number of benzene rings is 1. The van der Waals surface area contributed by atoms with E-state index in [1.165, 1.54) is 13.2 Å². The molecule has 1 aromatic carbocycles. The van der Waals surface area contributed by atoms with E-state index in [2.05, 4.69) is 11.3 Å². The summed E-state index contributed by atoms with van der Waals surface area (Å²) in [6.45, 7) is 3.59. The maximum atomic E-state index is 12.0. The average molecular weight is 258 g/mol. The van der Waals surface area contributed by atoms with Crippen LogP contribution >= 0.6 is 0 Å². The lowest BCUT2D eigenvalue weighted by Crippen LogP contribution is -2.23. The zero-order valence-corrected chi connectivity index (χ0v) is 11.0. The van der Waals surface area contributed by atoms with Gasteiger partial charge in [-0.1, -0.05) is 42.5 Å². The predicted octanol–water partition coefficient (Wildman–Crippen LogP) is 3.02. The number of ether oxygens (including phenoxy) is 1. The third-order valence-corrected chi connectivity index (χ3v) is 2.73. The monoisotopic (exact) mass is 258 g/mol. The molecule has 0 aliphatic carbocycles. The van der Waals surface area contributed by atoms with Gasteiger partial charge in [0, 0.05) is 0 Å². The van der Waals surface area contributed by atoms with Gasteiger partial charge in [0.15, 0.2) is 5.78 Å². The second kappa shape index (κ2) is 8.03. The fourth-order valence-electron chi connectivity index (χ4n) is 1.66. The van der Waals surface area contributed by atoms with Gasteiger partial charge in [-0.05, 0) is 24.5 Å². The van der Waals surface area contributed by atoms with E-state index in [1.54, 1.807) is 12.2 Å². The lowest BCUT2D eigenvalue weighted by atomic mass is 9.97. The molecule has 1 rings (SSSR count). The van der Waals surface area contributed by atoms with Crippen molar-refractivity contribution in [1.29, 1.82) is 0 Å². The minimum Gasteiger partial charge on any atom is -0.468 e. The minimum absolute atomic E-state index is 0.238. The lowest BCUT2D eigenvalue weighted by Gasteiger charge is -2.09. The van der Waals surface area contributed by atoms with Gasteiger partial charge < -0.3 is 4.74 Å². The highest BCUT2D eigenvalue weighted by molar-refractivity contribution is 6.06. The molecule has 0 saturated heterocycles. The fraction of sp³-hybridized carbons (Fsp3) is 0.250. The summed E-state index contributed by atoms with van der Waals surface area (Å²) in [5.41, 5.74) is 0.920. The van der Waals surface area contributed by atoms with Crippen LogP contribution in [0, 0.1) is 5.92 Å². The van der Waals surface area contributed by atoms with E-state index in [-0.39, 0.29) is 5.78 Å². The highest BCUT2D eigenvalue weighted by Crippen LogP contribution is 2.12. The molecule has 1 atom stereocenters. The van der Waals surface area contributed by atoms with Crippen molar-refractivity contribution < 1.29 is 14.3 Å². The van der Waals surface area contributed by atoms with E-state index in [1.807, 2.05) is 30.3 Å². The third kappa shape index (κ3) is 4.92. The predicted molar refractivity (Wildman–Crippen MR) is 75.4 cm³/mol. The van der Waals surface area contributed by atoms with E-state index in [0.29, 0.717) is 12.8 Å². The van der Waals surface area contributed by atoms with Crippen molar-refractivity contribution in [2.75, 3.05) is 7.11 Å². The number of carbonyl (C=O) groups is 2. The van der Waals surface area contributed by atoms with E-state index in [9.17, 15) is 9.59 Å². The number of hydrogen-bond donors (Lipinski definition) is 0. The molecule has 0 bridgehead atoms. The van der Waals surface area contributed by atoms with Gasteiger partial charge in [-0.25, -0.2) is 0 Å². The molecule has 0 amide bonds. The number of ketones is 1. The molecule has 3 nitrogen and oxygen atoms in total. The first kappa shape index (κ1) is 14.9. The van der Waals surface area contributed by atoms with E-state index >= 15 is 0 Å². The van der Waals surface area contributed by atoms with Gasteiger partial charge in [-0.15, -0.1) is 6.58 Å². The van der Waals surface area contributed by atoms with Crippen LogP contribution in [0.1, 0.15) is 18.4 Å². The van der Waals surface area contributed by atoms with Crippen LogP contribution in [0.3, 0.4) is 0 Å². The fourth-order valence-corrected chi connectivity index (χ4v) is 1.66. The summed E-state index contributed by atoms with van der Waals surface area (Å²) in [6.07, 6.45) is 5.84. The number of carbonyl (C=O) groups excluding carboxylic acids is 2.